The van der Waals surface area contributed by atoms with Crippen LogP contribution in [0.2, 0.25) is 0 Å². The SMILES string of the molecule is CNC(=O)c1cc(C)c(C[C@@H](CNC(=O)c2cnccn2)N(C)C)c(C)c1. The molecule has 144 valence electrons. The summed E-state index contributed by atoms with van der Waals surface area (Å²) in [6, 6.07) is 3.92. The molecule has 2 rings (SSSR count). The number of aryl methyl sites for hydroxylation is 2. The number of amides is 2. The van der Waals surface area contributed by atoms with E-state index in [-0.39, 0.29) is 17.9 Å². The van der Waals surface area contributed by atoms with Gasteiger partial charge in [-0.15, -0.1) is 0 Å². The van der Waals surface area contributed by atoms with Crippen LogP contribution >= 0.6 is 0 Å². The average molecular weight is 369 g/mol. The maximum Gasteiger partial charge on any atom is 0.271 e. The fourth-order valence-electron chi connectivity index (χ4n) is 2.98. The van der Waals surface area contributed by atoms with Gasteiger partial charge in [-0.3, -0.25) is 14.6 Å². The smallest absolute Gasteiger partial charge is 0.271 e. The lowest BCUT2D eigenvalue weighted by molar-refractivity contribution is 0.0933. The molecule has 2 aromatic rings. The number of benzene rings is 1. The molecule has 0 unspecified atom stereocenters. The Morgan fingerprint density at radius 1 is 1.11 bits per heavy atom. The van der Waals surface area contributed by atoms with Crippen molar-refractivity contribution in [2.24, 2.45) is 0 Å². The van der Waals surface area contributed by atoms with E-state index in [1.54, 1.807) is 7.05 Å². The highest BCUT2D eigenvalue weighted by molar-refractivity contribution is 5.94. The van der Waals surface area contributed by atoms with Crippen molar-refractivity contribution in [3.05, 3.63) is 58.7 Å². The van der Waals surface area contributed by atoms with Gasteiger partial charge in [-0.25, -0.2) is 4.98 Å². The van der Waals surface area contributed by atoms with E-state index >= 15 is 0 Å². The molecule has 0 spiro atoms. The van der Waals surface area contributed by atoms with Crippen LogP contribution < -0.4 is 10.6 Å². The average Bonchev–Trinajstić information content (AvgIpc) is 2.66. The van der Waals surface area contributed by atoms with E-state index in [9.17, 15) is 9.59 Å². The predicted octanol–water partition coefficient (Wildman–Crippen LogP) is 1.36. The van der Waals surface area contributed by atoms with E-state index in [0.29, 0.717) is 17.8 Å². The second kappa shape index (κ2) is 9.23. The third-order valence-electron chi connectivity index (χ3n) is 4.65. The lowest BCUT2D eigenvalue weighted by atomic mass is 9.93. The molecule has 1 aromatic carbocycles. The molecule has 0 bridgehead atoms. The monoisotopic (exact) mass is 369 g/mol. The molecule has 2 N–H and O–H groups in total. The van der Waals surface area contributed by atoms with E-state index in [1.807, 2.05) is 40.1 Å². The molecular formula is C20H27N5O2. The molecule has 0 radical (unpaired) electrons. The van der Waals surface area contributed by atoms with Crippen molar-refractivity contribution >= 4 is 11.8 Å². The molecule has 0 fully saturated rings. The second-order valence-electron chi connectivity index (χ2n) is 6.79. The van der Waals surface area contributed by atoms with Crippen molar-refractivity contribution in [3.8, 4) is 0 Å². The third kappa shape index (κ3) is 5.34. The summed E-state index contributed by atoms with van der Waals surface area (Å²) in [6.07, 6.45) is 5.25. The largest absolute Gasteiger partial charge is 0.355 e. The lowest BCUT2D eigenvalue weighted by Gasteiger charge is -2.26. The van der Waals surface area contributed by atoms with E-state index in [1.165, 1.54) is 24.2 Å². The molecule has 0 aliphatic heterocycles. The summed E-state index contributed by atoms with van der Waals surface area (Å²) in [5.74, 6) is -0.327. The van der Waals surface area contributed by atoms with Gasteiger partial charge in [0.05, 0.1) is 6.20 Å². The van der Waals surface area contributed by atoms with Crippen LogP contribution in [0.5, 0.6) is 0 Å². The topological polar surface area (TPSA) is 87.2 Å². The van der Waals surface area contributed by atoms with Gasteiger partial charge in [0, 0.05) is 37.6 Å². The van der Waals surface area contributed by atoms with E-state index in [2.05, 4.69) is 25.5 Å². The molecular weight excluding hydrogens is 342 g/mol. The first-order chi connectivity index (χ1) is 12.8. The number of nitrogens with one attached hydrogen (secondary N) is 2. The second-order valence-corrected chi connectivity index (χ2v) is 6.79. The van der Waals surface area contributed by atoms with Crippen LogP contribution in [0.3, 0.4) is 0 Å². The summed E-state index contributed by atoms with van der Waals surface area (Å²) in [7, 11) is 5.61. The van der Waals surface area contributed by atoms with E-state index < -0.39 is 0 Å². The number of carbonyl (C=O) groups excluding carboxylic acids is 2. The Labute approximate surface area is 160 Å². The van der Waals surface area contributed by atoms with Gasteiger partial charge < -0.3 is 15.5 Å². The van der Waals surface area contributed by atoms with Gasteiger partial charge in [0.25, 0.3) is 11.8 Å². The molecule has 0 saturated heterocycles. The molecule has 2 amide bonds. The van der Waals surface area contributed by atoms with Crippen molar-refractivity contribution in [1.29, 1.82) is 0 Å². The summed E-state index contributed by atoms with van der Waals surface area (Å²) in [5, 5.41) is 5.59. The normalized spacial score (nSPS) is 11.9. The zero-order valence-corrected chi connectivity index (χ0v) is 16.5. The highest BCUT2D eigenvalue weighted by atomic mass is 16.2. The molecule has 1 heterocycles. The summed E-state index contributed by atoms with van der Waals surface area (Å²) in [5.41, 5.74) is 4.29. The summed E-state index contributed by atoms with van der Waals surface area (Å²) in [4.78, 5) is 34.2. The molecule has 1 aromatic heterocycles. The Morgan fingerprint density at radius 3 is 2.30 bits per heavy atom. The highest BCUT2D eigenvalue weighted by Gasteiger charge is 2.18. The zero-order valence-electron chi connectivity index (χ0n) is 16.5. The lowest BCUT2D eigenvalue weighted by Crippen LogP contribution is -2.42. The van der Waals surface area contributed by atoms with Gasteiger partial charge in [0.1, 0.15) is 5.69 Å². The Morgan fingerprint density at radius 2 is 1.78 bits per heavy atom. The minimum absolute atomic E-state index is 0.0897. The Hall–Kier alpha value is -2.80. The number of carbonyl (C=O) groups is 2. The first-order valence-corrected chi connectivity index (χ1v) is 8.86. The zero-order chi connectivity index (χ0) is 20.0. The van der Waals surface area contributed by atoms with E-state index in [4.69, 9.17) is 0 Å². The minimum atomic E-state index is -0.238. The maximum absolute atomic E-state index is 12.2. The summed E-state index contributed by atoms with van der Waals surface area (Å²) in [6.45, 7) is 4.51. The maximum atomic E-state index is 12.2. The minimum Gasteiger partial charge on any atom is -0.355 e. The number of aromatic nitrogens is 2. The number of rotatable bonds is 7. The first-order valence-electron chi connectivity index (χ1n) is 8.86. The fraction of sp³-hybridized carbons (Fsp3) is 0.400. The predicted molar refractivity (Wildman–Crippen MR) is 105 cm³/mol. The molecule has 7 nitrogen and oxygen atoms in total. The highest BCUT2D eigenvalue weighted by Crippen LogP contribution is 2.19. The summed E-state index contributed by atoms with van der Waals surface area (Å²) < 4.78 is 0. The molecule has 0 aliphatic rings. The molecule has 0 aliphatic carbocycles. The van der Waals surface area contributed by atoms with Gasteiger partial charge in [0.2, 0.25) is 0 Å². The molecule has 27 heavy (non-hydrogen) atoms. The van der Waals surface area contributed by atoms with Crippen molar-refractivity contribution < 1.29 is 9.59 Å². The number of likely N-dealkylation sites (N-methyl/N-ethyl adjacent to an activating group) is 1. The number of hydrogen-bond acceptors (Lipinski definition) is 5. The first kappa shape index (κ1) is 20.5. The van der Waals surface area contributed by atoms with Gasteiger partial charge in [-0.2, -0.15) is 0 Å². The molecule has 1 atom stereocenters. The summed E-state index contributed by atoms with van der Waals surface area (Å²) >= 11 is 0. The van der Waals surface area contributed by atoms with Crippen LogP contribution in [0.1, 0.15) is 37.5 Å². The van der Waals surface area contributed by atoms with E-state index in [0.717, 1.165) is 17.5 Å². The van der Waals surface area contributed by atoms with Gasteiger partial charge in [-0.05, 0) is 63.2 Å². The number of hydrogen-bond donors (Lipinski definition) is 2. The van der Waals surface area contributed by atoms with Crippen molar-refractivity contribution in [3.63, 3.8) is 0 Å². The van der Waals surface area contributed by atoms with Crippen LogP contribution in [0, 0.1) is 13.8 Å². The van der Waals surface area contributed by atoms with Crippen LogP contribution in [0.15, 0.2) is 30.7 Å². The van der Waals surface area contributed by atoms with Crippen LogP contribution in [-0.2, 0) is 6.42 Å². The molecule has 7 heteroatoms. The Kier molecular flexibility index (Phi) is 7.01. The Balaban J connectivity index is 2.12. The van der Waals surface area contributed by atoms with Crippen LogP contribution in [0.25, 0.3) is 0 Å². The fourth-order valence-corrected chi connectivity index (χ4v) is 2.98. The number of nitrogens with zero attached hydrogens (tertiary/aromatic N) is 3. The molecule has 0 saturated carbocycles. The Bertz CT molecular complexity index is 782. The van der Waals surface area contributed by atoms with Crippen molar-refractivity contribution in [2.45, 2.75) is 26.3 Å². The van der Waals surface area contributed by atoms with Crippen molar-refractivity contribution in [1.82, 2.24) is 25.5 Å². The quantitative estimate of drug-likeness (QED) is 0.769. The van der Waals surface area contributed by atoms with Gasteiger partial charge in [-0.1, -0.05) is 0 Å². The van der Waals surface area contributed by atoms with Gasteiger partial charge in [0.15, 0.2) is 0 Å². The van der Waals surface area contributed by atoms with Crippen LogP contribution in [-0.4, -0.2) is 60.4 Å². The standard InChI is InChI=1S/C20H27N5O2/c1-13-8-15(19(26)21-3)9-14(2)17(13)10-16(25(4)5)11-24-20(27)18-12-22-6-7-23-18/h6-9,12,16H,10-11H2,1-5H3,(H,21,26)(H,24,27)/t16-/m0/s1. The van der Waals surface area contributed by atoms with Gasteiger partial charge >= 0.3 is 0 Å². The van der Waals surface area contributed by atoms with Crippen molar-refractivity contribution in [2.75, 3.05) is 27.7 Å². The van der Waals surface area contributed by atoms with Crippen LogP contribution in [0.4, 0.5) is 0 Å². The third-order valence-corrected chi connectivity index (χ3v) is 4.65.